The molecule has 0 bridgehead atoms. The van der Waals surface area contributed by atoms with Gasteiger partial charge in [0.25, 0.3) is 0 Å². The molecule has 0 unspecified atom stereocenters. The lowest BCUT2D eigenvalue weighted by atomic mass is 9.73. The van der Waals surface area contributed by atoms with Gasteiger partial charge in [0.2, 0.25) is 11.8 Å². The summed E-state index contributed by atoms with van der Waals surface area (Å²) in [5.74, 6) is -1.48. The van der Waals surface area contributed by atoms with Crippen LogP contribution in [0.25, 0.3) is 0 Å². The van der Waals surface area contributed by atoms with E-state index in [-0.39, 0.29) is 23.4 Å². The minimum absolute atomic E-state index is 0.00508. The lowest BCUT2D eigenvalue weighted by Crippen LogP contribution is -2.31. The second-order valence-corrected chi connectivity index (χ2v) is 7.19. The Hall–Kier alpha value is -2.63. The fraction of sp³-hybridized carbons (Fsp3) is 0.333. The molecule has 2 fully saturated rings. The van der Waals surface area contributed by atoms with E-state index in [1.54, 1.807) is 0 Å². The summed E-state index contributed by atoms with van der Waals surface area (Å²) in [6, 6.07) is 14.3. The Kier molecular flexibility index (Phi) is 4.29. The number of alkyl halides is 3. The van der Waals surface area contributed by atoms with E-state index >= 15 is 0 Å². The minimum Gasteiger partial charge on any atom is -0.274 e. The molecule has 3 nitrogen and oxygen atoms in total. The number of fused-ring (bicyclic) bond motifs is 1. The number of carbonyl (C=O) groups excluding carboxylic acids is 2. The predicted octanol–water partition coefficient (Wildman–Crippen LogP) is 4.78. The van der Waals surface area contributed by atoms with Crippen molar-refractivity contribution >= 4 is 17.5 Å². The van der Waals surface area contributed by atoms with Crippen molar-refractivity contribution in [2.75, 3.05) is 4.90 Å². The first-order valence-corrected chi connectivity index (χ1v) is 8.96. The van der Waals surface area contributed by atoms with E-state index in [0.717, 1.165) is 29.0 Å². The van der Waals surface area contributed by atoms with Crippen molar-refractivity contribution in [3.63, 3.8) is 0 Å². The highest BCUT2D eigenvalue weighted by molar-refractivity contribution is 6.22. The molecule has 6 heteroatoms. The van der Waals surface area contributed by atoms with E-state index in [9.17, 15) is 22.8 Å². The molecule has 2 aromatic carbocycles. The quantitative estimate of drug-likeness (QED) is 0.711. The van der Waals surface area contributed by atoms with Gasteiger partial charge in [-0.3, -0.25) is 14.5 Å². The molecule has 2 aromatic rings. The first kappa shape index (κ1) is 17.8. The van der Waals surface area contributed by atoms with Crippen LogP contribution in [0.15, 0.2) is 54.6 Å². The lowest BCUT2D eigenvalue weighted by molar-refractivity contribution is -0.137. The first-order chi connectivity index (χ1) is 12.9. The van der Waals surface area contributed by atoms with E-state index in [1.165, 1.54) is 12.1 Å². The monoisotopic (exact) mass is 373 g/mol. The van der Waals surface area contributed by atoms with Crippen LogP contribution in [0.5, 0.6) is 0 Å². The maximum absolute atomic E-state index is 13.0. The van der Waals surface area contributed by atoms with Crippen LogP contribution < -0.4 is 4.90 Å². The highest BCUT2D eigenvalue weighted by atomic mass is 19.4. The number of carbonyl (C=O) groups is 2. The summed E-state index contributed by atoms with van der Waals surface area (Å²) in [4.78, 5) is 26.6. The van der Waals surface area contributed by atoms with E-state index in [1.807, 2.05) is 30.3 Å². The topological polar surface area (TPSA) is 37.4 Å². The molecule has 0 N–H and O–H groups in total. The average molecular weight is 373 g/mol. The maximum atomic E-state index is 13.0. The number of hydrogen-bond acceptors (Lipinski definition) is 2. The summed E-state index contributed by atoms with van der Waals surface area (Å²) in [7, 11) is 0. The summed E-state index contributed by atoms with van der Waals surface area (Å²) in [6.07, 6.45) is -2.60. The van der Waals surface area contributed by atoms with Crippen LogP contribution in [0.3, 0.4) is 0 Å². The fourth-order valence-corrected chi connectivity index (χ4v) is 4.28. The van der Waals surface area contributed by atoms with Gasteiger partial charge in [-0.1, -0.05) is 36.4 Å². The van der Waals surface area contributed by atoms with Crippen LogP contribution in [-0.2, 0) is 15.8 Å². The third kappa shape index (κ3) is 3.13. The zero-order valence-corrected chi connectivity index (χ0v) is 14.4. The molecule has 0 spiro atoms. The van der Waals surface area contributed by atoms with Crippen LogP contribution in [0, 0.1) is 11.8 Å². The second kappa shape index (κ2) is 6.51. The number of halogens is 3. The Morgan fingerprint density at radius 2 is 1.56 bits per heavy atom. The molecule has 1 aliphatic heterocycles. The fourth-order valence-electron chi connectivity index (χ4n) is 4.28. The number of anilines is 1. The van der Waals surface area contributed by atoms with Gasteiger partial charge >= 0.3 is 6.18 Å². The van der Waals surface area contributed by atoms with Crippen LogP contribution in [-0.4, -0.2) is 11.8 Å². The van der Waals surface area contributed by atoms with Crippen molar-refractivity contribution in [1.29, 1.82) is 0 Å². The molecule has 4 rings (SSSR count). The molecule has 140 valence electrons. The number of benzene rings is 2. The molecule has 2 aliphatic rings. The zero-order valence-electron chi connectivity index (χ0n) is 14.4. The summed E-state index contributed by atoms with van der Waals surface area (Å²) in [5.41, 5.74) is 0.275. The number of amides is 2. The molecule has 1 aliphatic carbocycles. The molecule has 1 heterocycles. The number of nitrogens with zero attached hydrogens (tertiary/aromatic N) is 1. The van der Waals surface area contributed by atoms with Gasteiger partial charge < -0.3 is 0 Å². The SMILES string of the molecule is O=C1[C@@H]2CC[C@H](c3ccccc3)C[C@H]2C(=O)N1c1cccc(C(F)(F)F)c1. The highest BCUT2D eigenvalue weighted by Gasteiger charge is 2.51. The minimum atomic E-state index is -4.52. The largest absolute Gasteiger partial charge is 0.416 e. The van der Waals surface area contributed by atoms with Crippen molar-refractivity contribution in [3.8, 4) is 0 Å². The predicted molar refractivity (Wildman–Crippen MR) is 94.0 cm³/mol. The van der Waals surface area contributed by atoms with Crippen LogP contribution in [0.4, 0.5) is 18.9 Å². The molecule has 27 heavy (non-hydrogen) atoms. The third-order valence-electron chi connectivity index (χ3n) is 5.63. The van der Waals surface area contributed by atoms with Gasteiger partial charge in [-0.25, -0.2) is 0 Å². The number of hydrogen-bond donors (Lipinski definition) is 0. The maximum Gasteiger partial charge on any atom is 0.416 e. The van der Waals surface area contributed by atoms with Crippen molar-refractivity contribution in [3.05, 3.63) is 65.7 Å². The van der Waals surface area contributed by atoms with Gasteiger partial charge in [-0.2, -0.15) is 13.2 Å². The molecular weight excluding hydrogens is 355 g/mol. The van der Waals surface area contributed by atoms with Gasteiger partial charge in [-0.05, 0) is 48.9 Å². The molecule has 2 amide bonds. The Bertz CT molecular complexity index is 878. The number of imide groups is 1. The van der Waals surface area contributed by atoms with Crippen molar-refractivity contribution in [2.45, 2.75) is 31.4 Å². The van der Waals surface area contributed by atoms with Gasteiger partial charge in [0.05, 0.1) is 23.1 Å². The molecule has 0 aromatic heterocycles. The molecule has 1 saturated carbocycles. The van der Waals surface area contributed by atoms with Gasteiger partial charge in [0.1, 0.15) is 0 Å². The van der Waals surface area contributed by atoms with Crippen LogP contribution in [0.2, 0.25) is 0 Å². The third-order valence-corrected chi connectivity index (χ3v) is 5.63. The molecule has 3 atom stereocenters. The second-order valence-electron chi connectivity index (χ2n) is 7.19. The summed E-state index contributed by atoms with van der Waals surface area (Å²) >= 11 is 0. The summed E-state index contributed by atoms with van der Waals surface area (Å²) < 4.78 is 39.0. The van der Waals surface area contributed by atoms with E-state index in [2.05, 4.69) is 0 Å². The van der Waals surface area contributed by atoms with Gasteiger partial charge in [0, 0.05) is 0 Å². The first-order valence-electron chi connectivity index (χ1n) is 8.96. The highest BCUT2D eigenvalue weighted by Crippen LogP contribution is 2.46. The molecule has 0 radical (unpaired) electrons. The van der Waals surface area contributed by atoms with E-state index in [4.69, 9.17) is 0 Å². The van der Waals surface area contributed by atoms with E-state index in [0.29, 0.717) is 12.8 Å². The Balaban J connectivity index is 1.61. The molecule has 1 saturated heterocycles. The van der Waals surface area contributed by atoms with Gasteiger partial charge in [0.15, 0.2) is 0 Å². The Labute approximate surface area is 154 Å². The smallest absolute Gasteiger partial charge is 0.274 e. The summed E-state index contributed by atoms with van der Waals surface area (Å²) in [6.45, 7) is 0. The van der Waals surface area contributed by atoms with Crippen molar-refractivity contribution in [2.24, 2.45) is 11.8 Å². The zero-order chi connectivity index (χ0) is 19.2. The van der Waals surface area contributed by atoms with Crippen LogP contribution in [0.1, 0.15) is 36.3 Å². The van der Waals surface area contributed by atoms with E-state index < -0.39 is 23.6 Å². The van der Waals surface area contributed by atoms with Crippen molar-refractivity contribution < 1.29 is 22.8 Å². The van der Waals surface area contributed by atoms with Crippen LogP contribution >= 0.6 is 0 Å². The van der Waals surface area contributed by atoms with Gasteiger partial charge in [-0.15, -0.1) is 0 Å². The Morgan fingerprint density at radius 3 is 2.26 bits per heavy atom. The number of rotatable bonds is 2. The summed E-state index contributed by atoms with van der Waals surface area (Å²) in [5, 5.41) is 0. The standard InChI is InChI=1S/C21H18F3NO2/c22-21(23,24)15-7-4-8-16(12-15)25-19(26)17-10-9-14(11-18(17)20(25)27)13-5-2-1-3-6-13/h1-8,12,14,17-18H,9-11H2/t14-,17+,18+/m0/s1. The Morgan fingerprint density at radius 1 is 0.852 bits per heavy atom. The normalized spacial score (nSPS) is 25.6. The van der Waals surface area contributed by atoms with Crippen molar-refractivity contribution in [1.82, 2.24) is 0 Å². The average Bonchev–Trinajstić information content (AvgIpc) is 2.92. The molecular formula is C21H18F3NO2. The lowest BCUT2D eigenvalue weighted by Gasteiger charge is -2.28.